The highest BCUT2D eigenvalue weighted by molar-refractivity contribution is 9.09. The average Bonchev–Trinajstić information content (AvgIpc) is 2.96. The minimum Gasteiger partial charge on any atom is -0.372 e. The standard InChI is InChI=1S/C16H26BrN3O/c1-13-10-19(12-16(9-17)21-13)11-14-7-8-20(18-14)15-5-3-2-4-6-15/h7-8,13,15-16H,2-6,9-12H2,1H3. The Morgan fingerprint density at radius 3 is 2.86 bits per heavy atom. The maximum atomic E-state index is 5.89. The van der Waals surface area contributed by atoms with Crippen molar-refractivity contribution in [2.75, 3.05) is 18.4 Å². The zero-order chi connectivity index (χ0) is 14.7. The molecule has 0 aromatic carbocycles. The van der Waals surface area contributed by atoms with Crippen LogP contribution in [0, 0.1) is 0 Å². The molecular formula is C16H26BrN3O. The molecule has 2 heterocycles. The van der Waals surface area contributed by atoms with E-state index in [-0.39, 0.29) is 0 Å². The largest absolute Gasteiger partial charge is 0.372 e. The lowest BCUT2D eigenvalue weighted by atomic mass is 9.96. The summed E-state index contributed by atoms with van der Waals surface area (Å²) in [6, 6.07) is 2.82. The quantitative estimate of drug-likeness (QED) is 0.775. The van der Waals surface area contributed by atoms with Crippen molar-refractivity contribution in [1.82, 2.24) is 14.7 Å². The number of hydrogen-bond donors (Lipinski definition) is 0. The molecule has 2 atom stereocenters. The van der Waals surface area contributed by atoms with Crippen molar-refractivity contribution >= 4 is 15.9 Å². The Morgan fingerprint density at radius 1 is 1.29 bits per heavy atom. The van der Waals surface area contributed by atoms with Gasteiger partial charge in [0.2, 0.25) is 0 Å². The molecule has 3 rings (SSSR count). The lowest BCUT2D eigenvalue weighted by Gasteiger charge is -2.35. The molecule has 1 aliphatic carbocycles. The Morgan fingerprint density at radius 2 is 2.10 bits per heavy atom. The van der Waals surface area contributed by atoms with Crippen molar-refractivity contribution < 1.29 is 4.74 Å². The van der Waals surface area contributed by atoms with Gasteiger partial charge in [0.15, 0.2) is 0 Å². The molecule has 0 amide bonds. The summed E-state index contributed by atoms with van der Waals surface area (Å²) in [5.74, 6) is 0. The first kappa shape index (κ1) is 15.5. The molecule has 2 fully saturated rings. The van der Waals surface area contributed by atoms with Gasteiger partial charge in [0, 0.05) is 31.2 Å². The van der Waals surface area contributed by atoms with Crippen LogP contribution >= 0.6 is 15.9 Å². The number of halogens is 1. The zero-order valence-electron chi connectivity index (χ0n) is 12.9. The molecule has 0 N–H and O–H groups in total. The molecule has 1 saturated heterocycles. The summed E-state index contributed by atoms with van der Waals surface area (Å²) in [4.78, 5) is 2.47. The van der Waals surface area contributed by atoms with Crippen LogP contribution in [0.2, 0.25) is 0 Å². The Bertz CT molecular complexity index is 444. The second-order valence-corrected chi connectivity index (χ2v) is 7.14. The molecule has 118 valence electrons. The molecule has 2 aliphatic rings. The number of alkyl halides is 1. The molecule has 0 bridgehead atoms. The lowest BCUT2D eigenvalue weighted by Crippen LogP contribution is -2.46. The zero-order valence-corrected chi connectivity index (χ0v) is 14.5. The summed E-state index contributed by atoms with van der Waals surface area (Å²) < 4.78 is 8.10. The van der Waals surface area contributed by atoms with E-state index in [4.69, 9.17) is 9.84 Å². The summed E-state index contributed by atoms with van der Waals surface area (Å²) in [5, 5.41) is 5.73. The second kappa shape index (κ2) is 7.25. The van der Waals surface area contributed by atoms with Crippen molar-refractivity contribution in [3.05, 3.63) is 18.0 Å². The van der Waals surface area contributed by atoms with Crippen molar-refractivity contribution in [2.24, 2.45) is 0 Å². The Balaban J connectivity index is 1.58. The fourth-order valence-corrected chi connectivity index (χ4v) is 3.95. The van der Waals surface area contributed by atoms with Gasteiger partial charge in [0.1, 0.15) is 0 Å². The van der Waals surface area contributed by atoms with Crippen LogP contribution in [0.4, 0.5) is 0 Å². The van der Waals surface area contributed by atoms with E-state index < -0.39 is 0 Å². The van der Waals surface area contributed by atoms with Gasteiger partial charge in [-0.2, -0.15) is 5.10 Å². The maximum Gasteiger partial charge on any atom is 0.0802 e. The predicted molar refractivity (Wildman–Crippen MR) is 87.8 cm³/mol. The summed E-state index contributed by atoms with van der Waals surface area (Å²) >= 11 is 3.54. The van der Waals surface area contributed by atoms with Gasteiger partial charge in [-0.05, 0) is 25.8 Å². The van der Waals surface area contributed by atoms with Gasteiger partial charge < -0.3 is 4.74 Å². The first-order valence-corrected chi connectivity index (χ1v) is 9.34. The van der Waals surface area contributed by atoms with Crippen molar-refractivity contribution in [3.63, 3.8) is 0 Å². The molecule has 5 heteroatoms. The van der Waals surface area contributed by atoms with Crippen LogP contribution in [0.1, 0.15) is 50.8 Å². The van der Waals surface area contributed by atoms with Gasteiger partial charge in [0.05, 0.1) is 23.9 Å². The third kappa shape index (κ3) is 4.08. The maximum absolute atomic E-state index is 5.89. The molecule has 1 aromatic heterocycles. The van der Waals surface area contributed by atoms with Gasteiger partial charge in [-0.1, -0.05) is 35.2 Å². The third-order valence-electron chi connectivity index (χ3n) is 4.57. The van der Waals surface area contributed by atoms with Gasteiger partial charge in [-0.25, -0.2) is 0 Å². The average molecular weight is 356 g/mol. The van der Waals surface area contributed by atoms with Crippen molar-refractivity contribution in [3.8, 4) is 0 Å². The van der Waals surface area contributed by atoms with Crippen LogP contribution < -0.4 is 0 Å². The number of nitrogens with zero attached hydrogens (tertiary/aromatic N) is 3. The van der Waals surface area contributed by atoms with E-state index >= 15 is 0 Å². The van der Waals surface area contributed by atoms with Crippen LogP contribution in [-0.2, 0) is 11.3 Å². The Hall–Kier alpha value is -0.390. The first-order chi connectivity index (χ1) is 10.2. The lowest BCUT2D eigenvalue weighted by molar-refractivity contribution is -0.0681. The summed E-state index contributed by atoms with van der Waals surface area (Å²) in [5.41, 5.74) is 1.20. The van der Waals surface area contributed by atoms with E-state index in [0.717, 1.165) is 25.0 Å². The highest BCUT2D eigenvalue weighted by Crippen LogP contribution is 2.27. The fourth-order valence-electron chi connectivity index (χ4n) is 3.59. The minimum absolute atomic E-state index is 0.300. The number of ether oxygens (including phenoxy) is 1. The SMILES string of the molecule is CC1CN(Cc2ccn(C3CCCCC3)n2)CC(CBr)O1. The smallest absolute Gasteiger partial charge is 0.0802 e. The highest BCUT2D eigenvalue weighted by atomic mass is 79.9. The molecule has 0 radical (unpaired) electrons. The van der Waals surface area contributed by atoms with E-state index in [1.807, 2.05) is 0 Å². The van der Waals surface area contributed by atoms with Gasteiger partial charge in [-0.15, -0.1) is 0 Å². The van der Waals surface area contributed by atoms with Crippen LogP contribution in [-0.4, -0.2) is 45.3 Å². The second-order valence-electron chi connectivity index (χ2n) is 6.50. The monoisotopic (exact) mass is 355 g/mol. The topological polar surface area (TPSA) is 30.3 Å². The van der Waals surface area contributed by atoms with E-state index in [9.17, 15) is 0 Å². The number of rotatable bonds is 4. The minimum atomic E-state index is 0.300. The molecule has 1 aliphatic heterocycles. The molecule has 21 heavy (non-hydrogen) atoms. The normalized spacial score (nSPS) is 28.9. The van der Waals surface area contributed by atoms with E-state index in [1.165, 1.54) is 37.8 Å². The van der Waals surface area contributed by atoms with Crippen LogP contribution in [0.3, 0.4) is 0 Å². The first-order valence-electron chi connectivity index (χ1n) is 8.22. The Kier molecular flexibility index (Phi) is 5.35. The van der Waals surface area contributed by atoms with Crippen LogP contribution in [0.15, 0.2) is 12.3 Å². The molecule has 2 unspecified atom stereocenters. The van der Waals surface area contributed by atoms with Gasteiger partial charge >= 0.3 is 0 Å². The molecule has 1 aromatic rings. The van der Waals surface area contributed by atoms with Crippen LogP contribution in [0.25, 0.3) is 0 Å². The van der Waals surface area contributed by atoms with Crippen molar-refractivity contribution in [1.29, 1.82) is 0 Å². The number of aromatic nitrogens is 2. The van der Waals surface area contributed by atoms with E-state index in [0.29, 0.717) is 18.2 Å². The summed E-state index contributed by atoms with van der Waals surface area (Å²) in [6.07, 6.45) is 9.47. The molecular weight excluding hydrogens is 330 g/mol. The number of hydrogen-bond acceptors (Lipinski definition) is 3. The van der Waals surface area contributed by atoms with Gasteiger partial charge in [0.25, 0.3) is 0 Å². The summed E-state index contributed by atoms with van der Waals surface area (Å²) in [7, 11) is 0. The fraction of sp³-hybridized carbons (Fsp3) is 0.812. The predicted octanol–water partition coefficient (Wildman–Crippen LogP) is 3.37. The van der Waals surface area contributed by atoms with Crippen LogP contribution in [0.5, 0.6) is 0 Å². The highest BCUT2D eigenvalue weighted by Gasteiger charge is 2.25. The van der Waals surface area contributed by atoms with Gasteiger partial charge in [-0.3, -0.25) is 9.58 Å². The van der Waals surface area contributed by atoms with E-state index in [2.05, 4.69) is 44.7 Å². The summed E-state index contributed by atoms with van der Waals surface area (Å²) in [6.45, 7) is 5.09. The van der Waals surface area contributed by atoms with Crippen molar-refractivity contribution in [2.45, 2.75) is 63.8 Å². The van der Waals surface area contributed by atoms with E-state index in [1.54, 1.807) is 0 Å². The Labute approximate surface area is 136 Å². The molecule has 1 saturated carbocycles. The third-order valence-corrected chi connectivity index (χ3v) is 5.29. The molecule has 0 spiro atoms. The number of morpholine rings is 1. The molecule has 4 nitrogen and oxygen atoms in total.